The lowest BCUT2D eigenvalue weighted by molar-refractivity contribution is 0.0981. The predicted octanol–water partition coefficient (Wildman–Crippen LogP) is 6.15. The van der Waals surface area contributed by atoms with Crippen molar-refractivity contribution in [2.45, 2.75) is 94.7 Å². The first-order valence-corrected chi connectivity index (χ1v) is 17.5. The summed E-state index contributed by atoms with van der Waals surface area (Å²) in [5.41, 5.74) is 2.75. The third-order valence-electron chi connectivity index (χ3n) is 9.49. The molecule has 2 fully saturated rings. The number of hydrogen-bond acceptors (Lipinski definition) is 9. The number of anilines is 2. The Balaban J connectivity index is 0.00000250. The molecule has 2 saturated heterocycles. The smallest absolute Gasteiger partial charge is 0.281 e. The van der Waals surface area contributed by atoms with Crippen molar-refractivity contribution in [3.63, 3.8) is 0 Å². The molecule has 3 N–H and O–H groups in total. The molecule has 2 atom stereocenters. The van der Waals surface area contributed by atoms with Crippen LogP contribution in [0.15, 0.2) is 53.7 Å². The van der Waals surface area contributed by atoms with Gasteiger partial charge in [0.1, 0.15) is 11.6 Å². The number of carbonyl (C=O) groups excluding carboxylic acids is 1. The summed E-state index contributed by atoms with van der Waals surface area (Å²) in [6.07, 6.45) is 6.69. The summed E-state index contributed by atoms with van der Waals surface area (Å²) in [5, 5.41) is 6.73. The fraction of sp³-hybridized carbons (Fsp3) is 0.529. The molecule has 0 aromatic carbocycles. The van der Waals surface area contributed by atoms with Gasteiger partial charge in [-0.15, -0.1) is 24.8 Å². The van der Waals surface area contributed by atoms with Crippen molar-refractivity contribution in [1.82, 2.24) is 25.0 Å². The molecule has 3 aromatic heterocycles. The van der Waals surface area contributed by atoms with Gasteiger partial charge in [0.05, 0.1) is 17.3 Å². The van der Waals surface area contributed by atoms with Crippen molar-refractivity contribution < 1.29 is 13.2 Å². The number of nitrogens with one attached hydrogen (secondary N) is 3. The second kappa shape index (κ2) is 14.2. The molecule has 3 aliphatic rings. The minimum Gasteiger partial charge on any atom is -0.362 e. The maximum absolute atomic E-state index is 13.7. The molecule has 3 aromatic rings. The van der Waals surface area contributed by atoms with E-state index in [0.29, 0.717) is 30.0 Å². The standard InChI is InChI=1S/C34H45N7O3S.2ClH/c1-33(2,3)28-12-10-25-31(38-28)41-21-22(20-34(41,4)5)9-11-26(27-19-24(15-18-36-27)23-13-16-35-17-14-23)37-29-7-6-8-30(39-29)45(43,44)40-32(25)42;;/h6-8,10,12,15,18-19,22-23,26,35H,9,11,13-14,16-17,20-21H2,1-5H3,(H,37,39)(H,40,42);2*1H/t22-,26?;;/m0../s1. The third-order valence-corrected chi connectivity index (χ3v) is 10.7. The predicted molar refractivity (Wildman–Crippen MR) is 191 cm³/mol. The van der Waals surface area contributed by atoms with Gasteiger partial charge >= 0.3 is 0 Å². The fourth-order valence-corrected chi connectivity index (χ4v) is 7.95. The minimum absolute atomic E-state index is 0. The van der Waals surface area contributed by atoms with Crippen molar-refractivity contribution in [2.75, 3.05) is 29.9 Å². The summed E-state index contributed by atoms with van der Waals surface area (Å²) in [6, 6.07) is 12.5. The van der Waals surface area contributed by atoms with Gasteiger partial charge in [-0.2, -0.15) is 8.42 Å². The van der Waals surface area contributed by atoms with E-state index < -0.39 is 15.9 Å². The molecule has 6 rings (SSSR count). The SMILES string of the molecule is CC(C)(C)c1ccc2c(n1)N1C[C@@H](CCC(c3cc(C4CCNCC4)ccn3)Nc3cccc(n3)S(=O)(=O)NC2=O)CC1(C)C.Cl.Cl. The normalized spacial score (nSPS) is 22.7. The van der Waals surface area contributed by atoms with Crippen LogP contribution in [0, 0.1) is 5.92 Å². The molecule has 10 nitrogen and oxygen atoms in total. The highest BCUT2D eigenvalue weighted by Crippen LogP contribution is 2.41. The van der Waals surface area contributed by atoms with Crippen molar-refractivity contribution in [3.8, 4) is 0 Å². The van der Waals surface area contributed by atoms with E-state index >= 15 is 0 Å². The Labute approximate surface area is 291 Å². The van der Waals surface area contributed by atoms with E-state index in [-0.39, 0.29) is 52.4 Å². The van der Waals surface area contributed by atoms with Gasteiger partial charge in [0.2, 0.25) is 0 Å². The summed E-state index contributed by atoms with van der Waals surface area (Å²) in [5.74, 6) is 1.04. The molecule has 0 saturated carbocycles. The number of rotatable bonds is 2. The molecule has 4 bridgehead atoms. The van der Waals surface area contributed by atoms with Gasteiger partial charge < -0.3 is 15.5 Å². The van der Waals surface area contributed by atoms with Crippen LogP contribution >= 0.6 is 24.8 Å². The summed E-state index contributed by atoms with van der Waals surface area (Å²) < 4.78 is 29.3. The first-order chi connectivity index (χ1) is 21.3. The number of halogens is 2. The summed E-state index contributed by atoms with van der Waals surface area (Å²) in [7, 11) is -4.27. The molecule has 1 amide bonds. The third kappa shape index (κ3) is 8.01. The number of aromatic nitrogens is 3. The molecule has 256 valence electrons. The second-order valence-corrected chi connectivity index (χ2v) is 16.0. The van der Waals surface area contributed by atoms with E-state index in [1.165, 1.54) is 11.6 Å². The Morgan fingerprint density at radius 2 is 1.70 bits per heavy atom. The average molecular weight is 705 g/mol. The number of hydrogen-bond donors (Lipinski definition) is 3. The van der Waals surface area contributed by atoms with Crippen LogP contribution in [0.2, 0.25) is 0 Å². The van der Waals surface area contributed by atoms with Crippen LogP contribution in [0.3, 0.4) is 0 Å². The van der Waals surface area contributed by atoms with E-state index in [1.54, 1.807) is 18.2 Å². The zero-order valence-electron chi connectivity index (χ0n) is 27.7. The van der Waals surface area contributed by atoms with Crippen LogP contribution in [0.25, 0.3) is 0 Å². The van der Waals surface area contributed by atoms with E-state index in [4.69, 9.17) is 9.97 Å². The van der Waals surface area contributed by atoms with Gasteiger partial charge in [-0.1, -0.05) is 26.8 Å². The van der Waals surface area contributed by atoms with Crippen LogP contribution in [-0.2, 0) is 15.4 Å². The highest BCUT2D eigenvalue weighted by atomic mass is 35.5. The zero-order valence-corrected chi connectivity index (χ0v) is 30.2. The Morgan fingerprint density at radius 1 is 0.957 bits per heavy atom. The number of piperidine rings is 1. The Kier molecular flexibility index (Phi) is 11.2. The molecule has 0 aliphatic carbocycles. The molecule has 0 radical (unpaired) electrons. The summed E-state index contributed by atoms with van der Waals surface area (Å²) in [4.78, 5) is 30.2. The van der Waals surface area contributed by atoms with Gasteiger partial charge in [0.25, 0.3) is 15.9 Å². The number of pyridine rings is 3. The Hall–Kier alpha value is -2.99. The van der Waals surface area contributed by atoms with E-state index in [0.717, 1.165) is 56.6 Å². The summed E-state index contributed by atoms with van der Waals surface area (Å²) in [6.45, 7) is 13.3. The molecular formula is C34H47Cl2N7O3S. The van der Waals surface area contributed by atoms with Crippen molar-refractivity contribution >= 4 is 52.4 Å². The fourth-order valence-electron chi connectivity index (χ4n) is 7.02. The first kappa shape index (κ1) is 36.8. The minimum atomic E-state index is -4.27. The van der Waals surface area contributed by atoms with Crippen LogP contribution in [0.4, 0.5) is 11.6 Å². The molecule has 13 heteroatoms. The number of carbonyl (C=O) groups is 1. The largest absolute Gasteiger partial charge is 0.362 e. The zero-order chi connectivity index (χ0) is 32.0. The molecular weight excluding hydrogens is 657 g/mol. The Morgan fingerprint density at radius 3 is 2.43 bits per heavy atom. The molecule has 0 spiro atoms. The van der Waals surface area contributed by atoms with E-state index in [2.05, 4.69) is 72.0 Å². The van der Waals surface area contributed by atoms with Gasteiger partial charge in [-0.3, -0.25) is 9.78 Å². The monoisotopic (exact) mass is 703 g/mol. The number of sulfonamides is 1. The highest BCUT2D eigenvalue weighted by molar-refractivity contribution is 7.90. The lowest BCUT2D eigenvalue weighted by atomic mass is 9.88. The van der Waals surface area contributed by atoms with Gasteiger partial charge in [-0.25, -0.2) is 14.7 Å². The topological polar surface area (TPSA) is 129 Å². The Bertz CT molecular complexity index is 1690. The number of amides is 1. The van der Waals surface area contributed by atoms with Gasteiger partial charge in [0, 0.05) is 29.4 Å². The lowest BCUT2D eigenvalue weighted by Crippen LogP contribution is -2.41. The quantitative estimate of drug-likeness (QED) is 0.288. The van der Waals surface area contributed by atoms with E-state index in [1.807, 2.05) is 12.3 Å². The highest BCUT2D eigenvalue weighted by Gasteiger charge is 2.41. The summed E-state index contributed by atoms with van der Waals surface area (Å²) >= 11 is 0. The molecule has 47 heavy (non-hydrogen) atoms. The van der Waals surface area contributed by atoms with E-state index in [9.17, 15) is 13.2 Å². The maximum atomic E-state index is 13.7. The average Bonchev–Trinajstić information content (AvgIpc) is 3.32. The molecule has 3 aliphatic heterocycles. The van der Waals surface area contributed by atoms with Crippen molar-refractivity contribution in [3.05, 3.63) is 71.2 Å². The van der Waals surface area contributed by atoms with Gasteiger partial charge in [0.15, 0.2) is 5.03 Å². The van der Waals surface area contributed by atoms with Crippen molar-refractivity contribution in [2.24, 2.45) is 5.92 Å². The van der Waals surface area contributed by atoms with Crippen LogP contribution < -0.4 is 20.3 Å². The molecule has 6 heterocycles. The molecule has 1 unspecified atom stereocenters. The van der Waals surface area contributed by atoms with Crippen LogP contribution in [0.5, 0.6) is 0 Å². The number of fused-ring (bicyclic) bond motifs is 6. The van der Waals surface area contributed by atoms with Crippen LogP contribution in [0.1, 0.15) is 106 Å². The second-order valence-electron chi connectivity index (χ2n) is 14.4. The first-order valence-electron chi connectivity index (χ1n) is 16.1. The lowest BCUT2D eigenvalue weighted by Gasteiger charge is -2.34. The van der Waals surface area contributed by atoms with Crippen LogP contribution in [-0.4, -0.2) is 54.5 Å². The maximum Gasteiger partial charge on any atom is 0.281 e. The van der Waals surface area contributed by atoms with Gasteiger partial charge in [-0.05, 0) is 113 Å². The number of nitrogens with zero attached hydrogens (tertiary/aromatic N) is 4. The van der Waals surface area contributed by atoms with Crippen molar-refractivity contribution in [1.29, 1.82) is 0 Å².